The summed E-state index contributed by atoms with van der Waals surface area (Å²) in [5.41, 5.74) is 3.60. The predicted molar refractivity (Wildman–Crippen MR) is 148 cm³/mol. The van der Waals surface area contributed by atoms with E-state index in [1.807, 2.05) is 72.8 Å². The van der Waals surface area contributed by atoms with Crippen LogP contribution in [0.5, 0.6) is 11.5 Å². The second-order valence-corrected chi connectivity index (χ2v) is 8.68. The van der Waals surface area contributed by atoms with Crippen LogP contribution in [-0.4, -0.2) is 43.7 Å². The third-order valence-electron chi connectivity index (χ3n) is 6.38. The molecule has 2 aliphatic rings. The molecule has 0 fully saturated rings. The van der Waals surface area contributed by atoms with E-state index >= 15 is 0 Å². The summed E-state index contributed by atoms with van der Waals surface area (Å²) in [5, 5.41) is 50.1. The van der Waals surface area contributed by atoms with Crippen LogP contribution >= 0.6 is 0 Å². The molecule has 208 valence electrons. The molecule has 2 unspecified atom stereocenters. The van der Waals surface area contributed by atoms with Gasteiger partial charge in [-0.1, -0.05) is 106 Å². The molecule has 2 heterocycles. The van der Waals surface area contributed by atoms with Crippen LogP contribution in [0.25, 0.3) is 0 Å². The molecule has 4 aromatic rings. The van der Waals surface area contributed by atoms with Crippen LogP contribution < -0.4 is 9.47 Å². The maximum atomic E-state index is 9.27. The van der Waals surface area contributed by atoms with Gasteiger partial charge in [0.2, 0.25) is 0 Å². The number of oxime groups is 4. The van der Waals surface area contributed by atoms with Crippen molar-refractivity contribution in [2.24, 2.45) is 20.6 Å². The first kappa shape index (κ1) is 29.0. The van der Waals surface area contributed by atoms with E-state index in [0.29, 0.717) is 22.6 Å². The molecule has 0 radical (unpaired) electrons. The second-order valence-electron chi connectivity index (χ2n) is 8.68. The number of hydrogen-bond donors (Lipinski definition) is 4. The fourth-order valence-corrected chi connectivity index (χ4v) is 4.54. The summed E-state index contributed by atoms with van der Waals surface area (Å²) in [6, 6.07) is 33.0. The Morgan fingerprint density at radius 2 is 0.780 bits per heavy atom. The second kappa shape index (κ2) is 13.4. The van der Waals surface area contributed by atoms with Crippen LogP contribution in [0.2, 0.25) is 0 Å². The molecule has 0 bridgehead atoms. The summed E-state index contributed by atoms with van der Waals surface area (Å²) in [4.78, 5) is 0. The number of para-hydroxylation sites is 2. The van der Waals surface area contributed by atoms with Gasteiger partial charge in [-0.05, 0) is 35.4 Å². The predicted octanol–water partition coefficient (Wildman–Crippen LogP) is 5.66. The van der Waals surface area contributed by atoms with Crippen molar-refractivity contribution >= 4 is 22.8 Å². The minimum atomic E-state index is -0.609. The number of hydrogen-bond acceptors (Lipinski definition) is 10. The largest absolute Gasteiger partial charge is 2.00 e. The van der Waals surface area contributed by atoms with E-state index in [1.54, 1.807) is 36.4 Å². The van der Waals surface area contributed by atoms with Crippen LogP contribution in [0.15, 0.2) is 130 Å². The number of rotatable bonds is 2. The van der Waals surface area contributed by atoms with E-state index in [-0.39, 0.29) is 43.9 Å². The fourth-order valence-electron chi connectivity index (χ4n) is 4.54. The number of fused-ring (bicyclic) bond motifs is 2. The average Bonchev–Trinajstić information content (AvgIpc) is 3.03. The van der Waals surface area contributed by atoms with Crippen molar-refractivity contribution in [1.82, 2.24) is 0 Å². The molecule has 10 nitrogen and oxygen atoms in total. The first-order valence-electron chi connectivity index (χ1n) is 12.2. The normalized spacial score (nSPS) is 21.0. The van der Waals surface area contributed by atoms with E-state index < -0.39 is 12.2 Å². The maximum absolute atomic E-state index is 9.27. The van der Waals surface area contributed by atoms with Gasteiger partial charge < -0.3 is 30.3 Å². The summed E-state index contributed by atoms with van der Waals surface area (Å²) >= 11 is 0. The molecule has 0 saturated heterocycles. The zero-order valence-corrected chi connectivity index (χ0v) is 23.5. The smallest absolute Gasteiger partial charge is 0.478 e. The van der Waals surface area contributed by atoms with E-state index in [9.17, 15) is 20.8 Å². The quantitative estimate of drug-likeness (QED) is 0.155. The van der Waals surface area contributed by atoms with E-state index in [1.165, 1.54) is 0 Å². The van der Waals surface area contributed by atoms with Crippen LogP contribution in [-0.2, 0) is 21.1 Å². The van der Waals surface area contributed by atoms with Gasteiger partial charge in [-0.3, -0.25) is 0 Å². The Labute approximate surface area is 249 Å². The molecule has 4 N–H and O–H groups in total. The summed E-state index contributed by atoms with van der Waals surface area (Å²) in [6.45, 7) is 0. The van der Waals surface area contributed by atoms with E-state index in [2.05, 4.69) is 20.6 Å². The van der Waals surface area contributed by atoms with Crippen molar-refractivity contribution in [3.05, 3.63) is 131 Å². The summed E-state index contributed by atoms with van der Waals surface area (Å²) in [5.74, 6) is 1.17. The molecule has 2 atom stereocenters. The van der Waals surface area contributed by atoms with Gasteiger partial charge in [0.15, 0.2) is 23.6 Å². The van der Waals surface area contributed by atoms with Gasteiger partial charge in [0.25, 0.3) is 0 Å². The van der Waals surface area contributed by atoms with Crippen molar-refractivity contribution in [1.29, 1.82) is 0 Å². The number of nitrogens with zero attached hydrogens (tertiary/aromatic N) is 4. The zero-order valence-electron chi connectivity index (χ0n) is 21.3. The van der Waals surface area contributed by atoms with Crippen molar-refractivity contribution in [2.75, 3.05) is 0 Å². The summed E-state index contributed by atoms with van der Waals surface area (Å²) < 4.78 is 11.7. The molecule has 0 aromatic heterocycles. The molecule has 0 saturated carbocycles. The van der Waals surface area contributed by atoms with Gasteiger partial charge in [0.1, 0.15) is 22.9 Å². The third-order valence-corrected chi connectivity index (χ3v) is 6.38. The molecular formula is C30H24N4O6Pt+2. The molecule has 6 rings (SSSR count). The molecule has 0 aliphatic carbocycles. The van der Waals surface area contributed by atoms with E-state index in [0.717, 1.165) is 11.1 Å². The Morgan fingerprint density at radius 3 is 1.12 bits per heavy atom. The monoisotopic (exact) mass is 731 g/mol. The van der Waals surface area contributed by atoms with Crippen molar-refractivity contribution in [3.8, 4) is 11.5 Å². The molecular weight excluding hydrogens is 707 g/mol. The Bertz CT molecular complexity index is 1490. The fraction of sp³-hybridized carbons (Fsp3) is 0.0667. The average molecular weight is 732 g/mol. The van der Waals surface area contributed by atoms with E-state index in [4.69, 9.17) is 9.47 Å². The van der Waals surface area contributed by atoms with Crippen molar-refractivity contribution < 1.29 is 51.4 Å². The summed E-state index contributed by atoms with van der Waals surface area (Å²) in [6.07, 6.45) is -1.22. The van der Waals surface area contributed by atoms with Gasteiger partial charge in [-0.15, -0.1) is 0 Å². The Balaban J connectivity index is 0.000000184. The van der Waals surface area contributed by atoms with Gasteiger partial charge in [-0.25, -0.2) is 0 Å². The zero-order chi connectivity index (χ0) is 27.9. The topological polar surface area (TPSA) is 149 Å². The number of benzene rings is 4. The standard InChI is InChI=1S/2C15H12N2O3.Pt/c2*18-16-13-11-8-4-5-9-12(11)20-15(14(13)17-19)10-6-2-1-3-7-10;/h2*1-9,15,18-19H;/q;;+2/b2*16-13+,17-14+;. The van der Waals surface area contributed by atoms with Crippen LogP contribution in [0.3, 0.4) is 0 Å². The van der Waals surface area contributed by atoms with Gasteiger partial charge in [0, 0.05) is 11.1 Å². The van der Waals surface area contributed by atoms with Gasteiger partial charge in [0.05, 0.1) is 0 Å². The van der Waals surface area contributed by atoms with Crippen molar-refractivity contribution in [3.63, 3.8) is 0 Å². The molecule has 0 spiro atoms. The first-order valence-corrected chi connectivity index (χ1v) is 12.2. The number of ether oxygens (including phenoxy) is 2. The maximum Gasteiger partial charge on any atom is 2.00 e. The van der Waals surface area contributed by atoms with Crippen LogP contribution in [0, 0.1) is 0 Å². The van der Waals surface area contributed by atoms with Gasteiger partial charge >= 0.3 is 21.1 Å². The first-order chi connectivity index (χ1) is 19.7. The third kappa shape index (κ3) is 5.83. The van der Waals surface area contributed by atoms with Crippen molar-refractivity contribution in [2.45, 2.75) is 12.2 Å². The molecule has 11 heteroatoms. The molecule has 4 aromatic carbocycles. The Hall–Kier alpha value is -4.95. The Morgan fingerprint density at radius 1 is 0.439 bits per heavy atom. The molecule has 41 heavy (non-hydrogen) atoms. The summed E-state index contributed by atoms with van der Waals surface area (Å²) in [7, 11) is 0. The minimum absolute atomic E-state index is 0. The van der Waals surface area contributed by atoms with Crippen LogP contribution in [0.1, 0.15) is 34.5 Å². The van der Waals surface area contributed by atoms with Crippen LogP contribution in [0.4, 0.5) is 0 Å². The molecule has 2 aliphatic heterocycles. The van der Waals surface area contributed by atoms with Gasteiger partial charge in [-0.2, -0.15) is 0 Å². The Kier molecular flexibility index (Phi) is 9.50. The SMILES string of the molecule is O/N=C1/C(=N\O)C(c2ccccc2)Oc2ccccc21.O/N=C1/C(=N\O)C(c2ccccc2)Oc2ccccc21.[Pt+2]. The minimum Gasteiger partial charge on any atom is -0.478 e. The molecule has 0 amide bonds.